The Morgan fingerprint density at radius 3 is 2.67 bits per heavy atom. The largest absolute Gasteiger partial charge is 0.391 e. The van der Waals surface area contributed by atoms with Crippen LogP contribution in [0.15, 0.2) is 10.6 Å². The Morgan fingerprint density at radius 1 is 1.52 bits per heavy atom. The molecule has 21 heavy (non-hydrogen) atoms. The minimum absolute atomic E-state index is 0.0314. The van der Waals surface area contributed by atoms with Gasteiger partial charge in [-0.2, -0.15) is 0 Å². The average Bonchev–Trinajstić information content (AvgIpc) is 2.95. The molecule has 2 amide bonds. The van der Waals surface area contributed by atoms with Crippen LogP contribution in [0.3, 0.4) is 0 Å². The van der Waals surface area contributed by atoms with Crippen molar-refractivity contribution in [1.29, 1.82) is 0 Å². The van der Waals surface area contributed by atoms with Gasteiger partial charge < -0.3 is 20.3 Å². The average molecular weight is 295 g/mol. The third kappa shape index (κ3) is 3.07. The van der Waals surface area contributed by atoms with Crippen molar-refractivity contribution >= 4 is 11.8 Å². The molecule has 1 aliphatic rings. The minimum atomic E-state index is -0.766. The number of likely N-dealkylation sites (tertiary alicyclic amines) is 1. The maximum Gasteiger partial charge on any atom is 0.240 e. The zero-order valence-electron chi connectivity index (χ0n) is 12.4. The molecule has 0 aromatic carbocycles. The molecule has 3 atom stereocenters. The number of aryl methyl sites for hydroxylation is 1. The summed E-state index contributed by atoms with van der Waals surface area (Å²) < 4.78 is 5.21. The van der Waals surface area contributed by atoms with E-state index < -0.39 is 24.0 Å². The smallest absolute Gasteiger partial charge is 0.240 e. The van der Waals surface area contributed by atoms with Crippen LogP contribution in [-0.2, 0) is 9.59 Å². The van der Waals surface area contributed by atoms with Crippen molar-refractivity contribution in [2.24, 2.45) is 11.7 Å². The quantitative estimate of drug-likeness (QED) is 0.822. The van der Waals surface area contributed by atoms with E-state index in [-0.39, 0.29) is 24.8 Å². The minimum Gasteiger partial charge on any atom is -0.391 e. The molecule has 0 radical (unpaired) electrons. The van der Waals surface area contributed by atoms with Crippen LogP contribution in [0.1, 0.15) is 37.6 Å². The summed E-state index contributed by atoms with van der Waals surface area (Å²) in [5.74, 6) is -0.968. The number of nitrogens with two attached hydrogens (primary N) is 1. The molecule has 1 aromatic heterocycles. The summed E-state index contributed by atoms with van der Waals surface area (Å²) in [5, 5.41) is 13.5. The molecule has 0 aliphatic carbocycles. The Bertz CT molecular complexity index is 540. The first-order valence-electron chi connectivity index (χ1n) is 7.02. The molecule has 1 fully saturated rings. The number of hydrogen-bond acceptors (Lipinski definition) is 5. The van der Waals surface area contributed by atoms with Gasteiger partial charge in [-0.15, -0.1) is 0 Å². The molecule has 1 saturated heterocycles. The van der Waals surface area contributed by atoms with Gasteiger partial charge in [0.05, 0.1) is 11.8 Å². The topological polar surface area (TPSA) is 110 Å². The van der Waals surface area contributed by atoms with E-state index in [2.05, 4.69) is 5.16 Å². The summed E-state index contributed by atoms with van der Waals surface area (Å²) >= 11 is 0. The number of aliphatic hydroxyl groups excluding tert-OH is 1. The van der Waals surface area contributed by atoms with Crippen LogP contribution >= 0.6 is 0 Å². The molecule has 7 heteroatoms. The van der Waals surface area contributed by atoms with Crippen molar-refractivity contribution in [3.8, 4) is 0 Å². The van der Waals surface area contributed by atoms with Crippen LogP contribution in [0.2, 0.25) is 0 Å². The summed E-state index contributed by atoms with van der Waals surface area (Å²) in [5.41, 5.74) is 6.02. The van der Waals surface area contributed by atoms with Crippen LogP contribution < -0.4 is 5.73 Å². The summed E-state index contributed by atoms with van der Waals surface area (Å²) in [7, 11) is 0. The second-order valence-electron chi connectivity index (χ2n) is 5.89. The second-order valence-corrected chi connectivity index (χ2v) is 5.89. The zero-order chi connectivity index (χ0) is 15.7. The third-order valence-corrected chi connectivity index (χ3v) is 3.78. The second kappa shape index (κ2) is 5.85. The predicted molar refractivity (Wildman–Crippen MR) is 74.1 cm³/mol. The molecule has 1 aromatic rings. The number of primary amides is 1. The highest BCUT2D eigenvalue weighted by molar-refractivity contribution is 5.90. The van der Waals surface area contributed by atoms with Crippen molar-refractivity contribution < 1.29 is 19.2 Å². The Morgan fingerprint density at radius 2 is 2.19 bits per heavy atom. The lowest BCUT2D eigenvalue weighted by Crippen LogP contribution is -2.46. The number of rotatable bonds is 4. The van der Waals surface area contributed by atoms with Crippen molar-refractivity contribution in [2.75, 3.05) is 6.54 Å². The number of hydrogen-bond donors (Lipinski definition) is 2. The number of carbonyl (C=O) groups is 2. The molecule has 7 nitrogen and oxygen atoms in total. The Labute approximate surface area is 123 Å². The van der Waals surface area contributed by atoms with Gasteiger partial charge in [-0.1, -0.05) is 19.0 Å². The number of aromatic nitrogens is 1. The summed E-state index contributed by atoms with van der Waals surface area (Å²) in [4.78, 5) is 25.6. The Hall–Kier alpha value is -1.89. The van der Waals surface area contributed by atoms with Gasteiger partial charge in [0.2, 0.25) is 11.8 Å². The number of β-amino-alcohol motifs (C(OH)–C–C–N with tert-alkyl or cyclic N) is 1. The van der Waals surface area contributed by atoms with Gasteiger partial charge in [0.1, 0.15) is 17.7 Å². The molecule has 2 rings (SSSR count). The van der Waals surface area contributed by atoms with Crippen LogP contribution in [0.4, 0.5) is 0 Å². The highest BCUT2D eigenvalue weighted by Gasteiger charge is 2.42. The van der Waals surface area contributed by atoms with Crippen molar-refractivity contribution in [3.05, 3.63) is 17.5 Å². The molecule has 3 N–H and O–H groups in total. The first-order chi connectivity index (χ1) is 9.81. The maximum atomic E-state index is 12.8. The highest BCUT2D eigenvalue weighted by Crippen LogP contribution is 2.30. The molecule has 116 valence electrons. The highest BCUT2D eigenvalue weighted by atomic mass is 16.5. The van der Waals surface area contributed by atoms with Crippen LogP contribution in [0.5, 0.6) is 0 Å². The lowest BCUT2D eigenvalue weighted by atomic mass is 9.91. The molecule has 1 aliphatic heterocycles. The number of amides is 2. The fourth-order valence-corrected chi connectivity index (χ4v) is 2.77. The monoisotopic (exact) mass is 295 g/mol. The standard InChI is InChI=1S/C14H21N3O4/c1-7(2)12(11-4-8(3)16-21-11)14(20)17-6-9(18)5-10(17)13(15)19/h4,7,9-10,12,18H,5-6H2,1-3H3,(H2,15,19)/t9-,10+,12?/m1/s1. The van der Waals surface area contributed by atoms with Gasteiger partial charge in [0, 0.05) is 19.0 Å². The molecular formula is C14H21N3O4. The lowest BCUT2D eigenvalue weighted by molar-refractivity contribution is -0.139. The van der Waals surface area contributed by atoms with Crippen molar-refractivity contribution in [1.82, 2.24) is 10.1 Å². The molecule has 0 saturated carbocycles. The summed E-state index contributed by atoms with van der Waals surface area (Å²) in [6.45, 7) is 5.68. The van der Waals surface area contributed by atoms with E-state index in [9.17, 15) is 14.7 Å². The van der Waals surface area contributed by atoms with Gasteiger partial charge in [-0.05, 0) is 12.8 Å². The number of nitrogens with zero attached hydrogens (tertiary/aromatic N) is 2. The van der Waals surface area contributed by atoms with Crippen LogP contribution in [0, 0.1) is 12.8 Å². The van der Waals surface area contributed by atoms with Gasteiger partial charge >= 0.3 is 0 Å². The summed E-state index contributed by atoms with van der Waals surface area (Å²) in [6, 6.07) is 0.951. The normalized spacial score (nSPS) is 23.6. The van der Waals surface area contributed by atoms with E-state index in [0.29, 0.717) is 11.5 Å². The Kier molecular flexibility index (Phi) is 4.32. The lowest BCUT2D eigenvalue weighted by Gasteiger charge is -2.27. The van der Waals surface area contributed by atoms with E-state index >= 15 is 0 Å². The van der Waals surface area contributed by atoms with Gasteiger partial charge in [-0.25, -0.2) is 0 Å². The van der Waals surface area contributed by atoms with E-state index in [1.165, 1.54) is 4.90 Å². The first-order valence-corrected chi connectivity index (χ1v) is 7.02. The molecule has 1 unspecified atom stereocenters. The van der Waals surface area contributed by atoms with Gasteiger partial charge in [-0.3, -0.25) is 9.59 Å². The molecule has 2 heterocycles. The molecular weight excluding hydrogens is 274 g/mol. The van der Waals surface area contributed by atoms with E-state index in [0.717, 1.165) is 0 Å². The van der Waals surface area contributed by atoms with E-state index in [1.807, 2.05) is 13.8 Å². The zero-order valence-corrected chi connectivity index (χ0v) is 12.4. The predicted octanol–water partition coefficient (Wildman–Crippen LogP) is 0.170. The van der Waals surface area contributed by atoms with Crippen LogP contribution in [0.25, 0.3) is 0 Å². The fourth-order valence-electron chi connectivity index (χ4n) is 2.77. The van der Waals surface area contributed by atoms with E-state index in [4.69, 9.17) is 10.3 Å². The van der Waals surface area contributed by atoms with Crippen molar-refractivity contribution in [2.45, 2.75) is 45.3 Å². The number of carbonyl (C=O) groups excluding carboxylic acids is 2. The van der Waals surface area contributed by atoms with Crippen LogP contribution in [-0.4, -0.2) is 45.7 Å². The Balaban J connectivity index is 2.28. The first kappa shape index (κ1) is 15.5. The number of aliphatic hydroxyl groups is 1. The van der Waals surface area contributed by atoms with Gasteiger partial charge in [0.15, 0.2) is 0 Å². The van der Waals surface area contributed by atoms with E-state index in [1.54, 1.807) is 13.0 Å². The molecule has 0 spiro atoms. The van der Waals surface area contributed by atoms with Crippen molar-refractivity contribution in [3.63, 3.8) is 0 Å². The van der Waals surface area contributed by atoms with Gasteiger partial charge in [0.25, 0.3) is 0 Å². The summed E-state index contributed by atoms with van der Waals surface area (Å²) in [6.07, 6.45) is -0.544. The third-order valence-electron chi connectivity index (χ3n) is 3.78. The fraction of sp³-hybridized carbons (Fsp3) is 0.643. The molecule has 0 bridgehead atoms. The maximum absolute atomic E-state index is 12.8. The SMILES string of the molecule is Cc1cc(C(C(=O)N2C[C@H](O)C[C@H]2C(N)=O)C(C)C)on1.